The number of amides is 1. The topological polar surface area (TPSA) is 72.5 Å². The lowest BCUT2D eigenvalue weighted by Crippen LogP contribution is -2.35. The van der Waals surface area contributed by atoms with E-state index in [0.717, 1.165) is 29.1 Å². The number of hydrogen-bond donors (Lipinski definition) is 1. The summed E-state index contributed by atoms with van der Waals surface area (Å²) in [5, 5.41) is 2.80. The zero-order chi connectivity index (χ0) is 15.5. The third-order valence-electron chi connectivity index (χ3n) is 3.41. The Morgan fingerprint density at radius 3 is 2.76 bits per heavy atom. The Bertz CT molecular complexity index is 593. The van der Waals surface area contributed by atoms with Gasteiger partial charge in [0.25, 0.3) is 9.05 Å². The minimum atomic E-state index is -3.68. The molecule has 1 aromatic heterocycles. The van der Waals surface area contributed by atoms with Crippen LogP contribution in [0.25, 0.3) is 0 Å². The third-order valence-corrected chi connectivity index (χ3v) is 6.58. The number of rotatable bonds is 7. The summed E-state index contributed by atoms with van der Waals surface area (Å²) in [6.45, 7) is 3.02. The maximum absolute atomic E-state index is 11.8. The molecule has 0 unspecified atom stereocenters. The first-order valence-corrected chi connectivity index (χ1v) is 9.92. The van der Waals surface area contributed by atoms with Crippen LogP contribution in [-0.2, 0) is 25.1 Å². The number of hydrogen-bond acceptors (Lipinski definition) is 5. The van der Waals surface area contributed by atoms with Crippen LogP contribution in [0.2, 0.25) is 0 Å². The fourth-order valence-corrected chi connectivity index (χ4v) is 4.38. The van der Waals surface area contributed by atoms with Gasteiger partial charge in [0.05, 0.1) is 12.6 Å². The second-order valence-corrected chi connectivity index (χ2v) is 9.02. The number of carbonyl (C=O) groups is 1. The number of nitrogens with one attached hydrogen (secondary N) is 1. The molecule has 1 saturated carbocycles. The van der Waals surface area contributed by atoms with E-state index in [4.69, 9.17) is 15.4 Å². The van der Waals surface area contributed by atoms with Gasteiger partial charge in [-0.2, -0.15) is 0 Å². The van der Waals surface area contributed by atoms with Crippen LogP contribution < -0.4 is 5.32 Å². The predicted octanol–water partition coefficient (Wildman–Crippen LogP) is 2.50. The lowest BCUT2D eigenvalue weighted by Gasteiger charge is -2.34. The van der Waals surface area contributed by atoms with Gasteiger partial charge in [0, 0.05) is 28.6 Å². The van der Waals surface area contributed by atoms with Crippen LogP contribution in [0, 0.1) is 5.92 Å². The smallest absolute Gasteiger partial charge is 0.270 e. The van der Waals surface area contributed by atoms with Crippen LogP contribution in [-0.4, -0.2) is 27.0 Å². The van der Waals surface area contributed by atoms with E-state index in [1.165, 1.54) is 6.07 Å². The molecule has 118 valence electrons. The Hall–Kier alpha value is -0.630. The molecule has 8 heteroatoms. The summed E-state index contributed by atoms with van der Waals surface area (Å²) in [6.07, 6.45) is 2.68. The van der Waals surface area contributed by atoms with Crippen molar-refractivity contribution < 1.29 is 17.9 Å². The zero-order valence-electron chi connectivity index (χ0n) is 11.7. The Labute approximate surface area is 133 Å². The lowest BCUT2D eigenvalue weighted by molar-refractivity contribution is -0.124. The summed E-state index contributed by atoms with van der Waals surface area (Å²) < 4.78 is 27.8. The lowest BCUT2D eigenvalue weighted by atomic mass is 9.80. The molecule has 0 aromatic carbocycles. The highest BCUT2D eigenvalue weighted by Crippen LogP contribution is 2.32. The number of thiophene rings is 1. The average molecular weight is 352 g/mol. The molecule has 0 aliphatic heterocycles. The molecule has 2 rings (SSSR count). The molecule has 1 aliphatic rings. The highest BCUT2D eigenvalue weighted by Gasteiger charge is 2.30. The van der Waals surface area contributed by atoms with Gasteiger partial charge in [-0.25, -0.2) is 8.42 Å². The fourth-order valence-electron chi connectivity index (χ4n) is 2.32. The molecule has 0 atom stereocenters. The van der Waals surface area contributed by atoms with E-state index in [-0.39, 0.29) is 10.1 Å². The summed E-state index contributed by atoms with van der Waals surface area (Å²) in [5.74, 6) is 0.377. The van der Waals surface area contributed by atoms with Crippen LogP contribution in [0.15, 0.2) is 16.3 Å². The maximum Gasteiger partial charge on any atom is 0.270 e. The Balaban J connectivity index is 1.71. The zero-order valence-corrected chi connectivity index (χ0v) is 14.1. The monoisotopic (exact) mass is 351 g/mol. The average Bonchev–Trinajstić information content (AvgIpc) is 2.82. The van der Waals surface area contributed by atoms with E-state index >= 15 is 0 Å². The van der Waals surface area contributed by atoms with Gasteiger partial charge in [0.1, 0.15) is 4.21 Å². The molecule has 0 saturated heterocycles. The van der Waals surface area contributed by atoms with Gasteiger partial charge in [-0.05, 0) is 37.8 Å². The summed E-state index contributed by atoms with van der Waals surface area (Å²) >= 11 is 1.07. The Morgan fingerprint density at radius 1 is 1.48 bits per heavy atom. The SMILES string of the molecule is CCOC1CC(CC(=O)NCc2ccc(S(=O)(=O)Cl)s2)C1. The van der Waals surface area contributed by atoms with Crippen molar-refractivity contribution in [1.29, 1.82) is 0 Å². The molecule has 1 N–H and O–H groups in total. The first-order chi connectivity index (χ1) is 9.88. The highest BCUT2D eigenvalue weighted by atomic mass is 35.7. The van der Waals surface area contributed by atoms with Gasteiger partial charge in [-0.3, -0.25) is 4.79 Å². The predicted molar refractivity (Wildman–Crippen MR) is 82.0 cm³/mol. The molecule has 1 fully saturated rings. The van der Waals surface area contributed by atoms with Crippen molar-refractivity contribution in [2.24, 2.45) is 5.92 Å². The van der Waals surface area contributed by atoms with Gasteiger partial charge >= 0.3 is 0 Å². The summed E-state index contributed by atoms with van der Waals surface area (Å²) in [4.78, 5) is 12.6. The van der Waals surface area contributed by atoms with Crippen LogP contribution in [0.3, 0.4) is 0 Å². The number of carbonyl (C=O) groups excluding carboxylic acids is 1. The number of ether oxygens (including phenoxy) is 1. The Kier molecular flexibility index (Phi) is 5.65. The maximum atomic E-state index is 11.8. The van der Waals surface area contributed by atoms with Crippen molar-refractivity contribution in [3.63, 3.8) is 0 Å². The van der Waals surface area contributed by atoms with E-state index in [2.05, 4.69) is 5.32 Å². The van der Waals surface area contributed by atoms with Crippen molar-refractivity contribution in [3.8, 4) is 0 Å². The van der Waals surface area contributed by atoms with Gasteiger partial charge in [0.2, 0.25) is 5.91 Å². The normalized spacial score (nSPS) is 21.8. The van der Waals surface area contributed by atoms with Crippen molar-refractivity contribution >= 4 is 37.0 Å². The van der Waals surface area contributed by atoms with Crippen molar-refractivity contribution in [3.05, 3.63) is 17.0 Å². The first kappa shape index (κ1) is 16.7. The van der Waals surface area contributed by atoms with Crippen molar-refractivity contribution in [2.45, 2.75) is 43.0 Å². The quantitative estimate of drug-likeness (QED) is 0.766. The second kappa shape index (κ2) is 7.09. The molecule has 0 spiro atoms. The van der Waals surface area contributed by atoms with Crippen molar-refractivity contribution in [2.75, 3.05) is 6.61 Å². The fraction of sp³-hybridized carbons (Fsp3) is 0.615. The van der Waals surface area contributed by atoms with Gasteiger partial charge in [-0.15, -0.1) is 11.3 Å². The summed E-state index contributed by atoms with van der Waals surface area (Å²) in [5.41, 5.74) is 0. The third kappa shape index (κ3) is 4.95. The molecular formula is C13H18ClNO4S2. The van der Waals surface area contributed by atoms with E-state index in [1.807, 2.05) is 6.92 Å². The van der Waals surface area contributed by atoms with Gasteiger partial charge in [0.15, 0.2) is 0 Å². The summed E-state index contributed by atoms with van der Waals surface area (Å²) in [7, 11) is 1.57. The molecular weight excluding hydrogens is 334 g/mol. The minimum absolute atomic E-state index is 0.0152. The summed E-state index contributed by atoms with van der Waals surface area (Å²) in [6, 6.07) is 3.11. The molecule has 0 radical (unpaired) electrons. The Morgan fingerprint density at radius 2 is 2.19 bits per heavy atom. The van der Waals surface area contributed by atoms with Crippen LogP contribution in [0.5, 0.6) is 0 Å². The van der Waals surface area contributed by atoms with Crippen LogP contribution in [0.1, 0.15) is 31.1 Å². The molecule has 1 aromatic rings. The molecule has 0 bridgehead atoms. The molecule has 1 aliphatic carbocycles. The number of halogens is 1. The molecule has 21 heavy (non-hydrogen) atoms. The van der Waals surface area contributed by atoms with E-state index in [0.29, 0.717) is 31.6 Å². The molecule has 1 heterocycles. The first-order valence-electron chi connectivity index (χ1n) is 6.80. The van der Waals surface area contributed by atoms with Gasteiger partial charge in [-0.1, -0.05) is 0 Å². The molecule has 5 nitrogen and oxygen atoms in total. The van der Waals surface area contributed by atoms with Gasteiger partial charge < -0.3 is 10.1 Å². The second-order valence-electron chi connectivity index (χ2n) is 5.05. The van der Waals surface area contributed by atoms with Crippen LogP contribution >= 0.6 is 22.0 Å². The van der Waals surface area contributed by atoms with E-state index < -0.39 is 9.05 Å². The van der Waals surface area contributed by atoms with E-state index in [9.17, 15) is 13.2 Å². The standard InChI is InChI=1S/C13H18ClNO4S2/c1-2-19-10-5-9(6-10)7-12(16)15-8-11-3-4-13(20-11)21(14,17)18/h3-4,9-10H,2,5-8H2,1H3,(H,15,16). The highest BCUT2D eigenvalue weighted by molar-refractivity contribution is 8.15. The van der Waals surface area contributed by atoms with E-state index in [1.54, 1.807) is 6.07 Å². The van der Waals surface area contributed by atoms with Crippen LogP contribution in [0.4, 0.5) is 0 Å². The van der Waals surface area contributed by atoms with Crippen molar-refractivity contribution in [1.82, 2.24) is 5.32 Å². The minimum Gasteiger partial charge on any atom is -0.378 e. The largest absolute Gasteiger partial charge is 0.378 e. The molecule has 1 amide bonds.